The number of hydrogen-bond donors (Lipinski definition) is 1. The summed E-state index contributed by atoms with van der Waals surface area (Å²) in [5.74, 6) is -0.0377. The second-order valence-corrected chi connectivity index (χ2v) is 4.64. The van der Waals surface area contributed by atoms with Crippen LogP contribution in [-0.4, -0.2) is 28.4 Å². The first-order valence-electron chi connectivity index (χ1n) is 5.86. The number of nitrogens with zero attached hydrogens (tertiary/aromatic N) is 2. The van der Waals surface area contributed by atoms with Crippen molar-refractivity contribution in [2.75, 3.05) is 7.05 Å². The minimum absolute atomic E-state index is 0.0000694. The Kier molecular flexibility index (Phi) is 4.23. The smallest absolute Gasteiger partial charge is 0.242 e. The topological polar surface area (TPSA) is 59.2 Å². The summed E-state index contributed by atoms with van der Waals surface area (Å²) < 4.78 is 0. The minimum atomic E-state index is -0.796. The fraction of sp³-hybridized carbons (Fsp3) is 0.538. The van der Waals surface area contributed by atoms with Crippen molar-refractivity contribution in [1.82, 2.24) is 9.88 Å². The Morgan fingerprint density at radius 3 is 2.53 bits per heavy atom. The normalized spacial score (nSPS) is 16.1. The third kappa shape index (κ3) is 3.03. The molecule has 0 bridgehead atoms. The van der Waals surface area contributed by atoms with Crippen LogP contribution in [0.5, 0.6) is 0 Å². The largest absolute Gasteiger partial charge is 0.337 e. The molecule has 4 heteroatoms. The van der Waals surface area contributed by atoms with Gasteiger partial charge in [0, 0.05) is 19.4 Å². The van der Waals surface area contributed by atoms with Crippen molar-refractivity contribution in [3.05, 3.63) is 30.1 Å². The molecule has 94 valence electrons. The molecule has 1 amide bonds. The van der Waals surface area contributed by atoms with Crippen molar-refractivity contribution in [1.29, 1.82) is 0 Å². The van der Waals surface area contributed by atoms with Crippen LogP contribution < -0.4 is 5.73 Å². The molecule has 4 nitrogen and oxygen atoms in total. The second-order valence-electron chi connectivity index (χ2n) is 4.64. The molecule has 0 aromatic carbocycles. The van der Waals surface area contributed by atoms with Crippen LogP contribution in [0.25, 0.3) is 0 Å². The van der Waals surface area contributed by atoms with Crippen molar-refractivity contribution >= 4 is 5.91 Å². The van der Waals surface area contributed by atoms with E-state index in [1.54, 1.807) is 31.3 Å². The number of nitrogens with two attached hydrogens (primary N) is 1. The summed E-state index contributed by atoms with van der Waals surface area (Å²) in [6.45, 7) is 5.67. The van der Waals surface area contributed by atoms with Gasteiger partial charge in [0.15, 0.2) is 0 Å². The van der Waals surface area contributed by atoms with Crippen LogP contribution >= 0.6 is 0 Å². The van der Waals surface area contributed by atoms with Crippen LogP contribution in [0.3, 0.4) is 0 Å². The number of amides is 1. The van der Waals surface area contributed by atoms with Crippen LogP contribution in [-0.2, 0) is 4.79 Å². The van der Waals surface area contributed by atoms with Crippen molar-refractivity contribution in [3.63, 3.8) is 0 Å². The van der Waals surface area contributed by atoms with Crippen LogP contribution in [0.1, 0.15) is 38.8 Å². The van der Waals surface area contributed by atoms with E-state index >= 15 is 0 Å². The van der Waals surface area contributed by atoms with E-state index < -0.39 is 5.54 Å². The molecule has 1 rings (SSSR count). The molecule has 0 saturated heterocycles. The van der Waals surface area contributed by atoms with Gasteiger partial charge in [0.1, 0.15) is 0 Å². The average Bonchev–Trinajstić information content (AvgIpc) is 2.37. The van der Waals surface area contributed by atoms with Crippen LogP contribution in [0, 0.1) is 0 Å². The van der Waals surface area contributed by atoms with Crippen molar-refractivity contribution in [2.45, 2.75) is 38.8 Å². The molecule has 2 atom stereocenters. The first-order valence-corrected chi connectivity index (χ1v) is 5.86. The number of carbonyl (C=O) groups excluding carboxylic acids is 1. The molecule has 0 saturated carbocycles. The lowest BCUT2D eigenvalue weighted by Crippen LogP contribution is -2.52. The summed E-state index contributed by atoms with van der Waals surface area (Å²) in [5.41, 5.74) is 6.24. The lowest BCUT2D eigenvalue weighted by molar-refractivity contribution is -0.137. The van der Waals surface area contributed by atoms with E-state index in [2.05, 4.69) is 4.98 Å². The van der Waals surface area contributed by atoms with E-state index in [1.807, 2.05) is 26.0 Å². The molecule has 0 aliphatic heterocycles. The Balaban J connectivity index is 2.84. The first kappa shape index (κ1) is 13.6. The zero-order valence-electron chi connectivity index (χ0n) is 11.0. The van der Waals surface area contributed by atoms with E-state index in [1.165, 1.54) is 0 Å². The number of likely N-dealkylation sites (N-methyl/N-ethyl adjacent to an activating group) is 1. The van der Waals surface area contributed by atoms with Gasteiger partial charge in [-0.05, 0) is 38.0 Å². The lowest BCUT2D eigenvalue weighted by Gasteiger charge is -2.32. The number of rotatable bonds is 4. The molecule has 2 N–H and O–H groups in total. The molecular formula is C13H21N3O. The van der Waals surface area contributed by atoms with Gasteiger partial charge >= 0.3 is 0 Å². The van der Waals surface area contributed by atoms with Crippen molar-refractivity contribution in [3.8, 4) is 0 Å². The van der Waals surface area contributed by atoms with Crippen LogP contribution in [0.2, 0.25) is 0 Å². The molecule has 1 aromatic heterocycles. The zero-order chi connectivity index (χ0) is 13.1. The number of carbonyl (C=O) groups is 1. The number of hydrogen-bond acceptors (Lipinski definition) is 3. The van der Waals surface area contributed by atoms with E-state index in [0.717, 1.165) is 5.56 Å². The molecule has 0 aliphatic rings. The van der Waals surface area contributed by atoms with Crippen LogP contribution in [0.4, 0.5) is 0 Å². The Labute approximate surface area is 103 Å². The first-order chi connectivity index (χ1) is 7.90. The van der Waals surface area contributed by atoms with Gasteiger partial charge in [-0.3, -0.25) is 9.78 Å². The standard InChI is InChI=1S/C13H21N3O/c1-5-13(3,14)12(17)16(4)10(2)11-6-8-15-9-7-11/h6-10H,5,14H2,1-4H3. The predicted molar refractivity (Wildman–Crippen MR) is 68.3 cm³/mol. The van der Waals surface area contributed by atoms with Gasteiger partial charge in [-0.25, -0.2) is 0 Å². The monoisotopic (exact) mass is 235 g/mol. The maximum atomic E-state index is 12.2. The molecule has 0 fully saturated rings. The second kappa shape index (κ2) is 5.27. The fourth-order valence-electron chi connectivity index (χ4n) is 1.60. The summed E-state index contributed by atoms with van der Waals surface area (Å²) in [6.07, 6.45) is 4.08. The average molecular weight is 235 g/mol. The summed E-state index contributed by atoms with van der Waals surface area (Å²) in [5, 5.41) is 0. The third-order valence-corrected chi connectivity index (χ3v) is 3.31. The van der Waals surface area contributed by atoms with E-state index in [-0.39, 0.29) is 11.9 Å². The Morgan fingerprint density at radius 1 is 1.53 bits per heavy atom. The van der Waals surface area contributed by atoms with Gasteiger partial charge in [0.05, 0.1) is 11.6 Å². The van der Waals surface area contributed by atoms with E-state index in [0.29, 0.717) is 6.42 Å². The molecule has 1 aromatic rings. The fourth-order valence-corrected chi connectivity index (χ4v) is 1.60. The maximum absolute atomic E-state index is 12.2. The van der Waals surface area contributed by atoms with Gasteiger partial charge in [-0.2, -0.15) is 0 Å². The Hall–Kier alpha value is -1.42. The Bertz CT molecular complexity index is 376. The SMILES string of the molecule is CCC(C)(N)C(=O)N(C)C(C)c1ccncc1. The highest BCUT2D eigenvalue weighted by atomic mass is 16.2. The lowest BCUT2D eigenvalue weighted by atomic mass is 9.97. The quantitative estimate of drug-likeness (QED) is 0.864. The molecule has 0 aliphatic carbocycles. The van der Waals surface area contributed by atoms with Crippen LogP contribution in [0.15, 0.2) is 24.5 Å². The van der Waals surface area contributed by atoms with Gasteiger partial charge in [0.2, 0.25) is 5.91 Å². The summed E-state index contributed by atoms with van der Waals surface area (Å²) >= 11 is 0. The third-order valence-electron chi connectivity index (χ3n) is 3.31. The highest BCUT2D eigenvalue weighted by molar-refractivity contribution is 5.85. The predicted octanol–water partition coefficient (Wildman–Crippen LogP) is 1.73. The maximum Gasteiger partial charge on any atom is 0.242 e. The van der Waals surface area contributed by atoms with Gasteiger partial charge in [-0.1, -0.05) is 6.92 Å². The molecule has 1 heterocycles. The van der Waals surface area contributed by atoms with E-state index in [9.17, 15) is 4.79 Å². The summed E-state index contributed by atoms with van der Waals surface area (Å²) in [6, 6.07) is 3.82. The van der Waals surface area contributed by atoms with Gasteiger partial charge in [-0.15, -0.1) is 0 Å². The number of aromatic nitrogens is 1. The molecular weight excluding hydrogens is 214 g/mol. The minimum Gasteiger partial charge on any atom is -0.337 e. The van der Waals surface area contributed by atoms with Gasteiger partial charge in [0.25, 0.3) is 0 Å². The highest BCUT2D eigenvalue weighted by Gasteiger charge is 2.31. The number of pyridine rings is 1. The van der Waals surface area contributed by atoms with E-state index in [4.69, 9.17) is 5.73 Å². The molecule has 0 spiro atoms. The molecule has 17 heavy (non-hydrogen) atoms. The van der Waals surface area contributed by atoms with Crippen molar-refractivity contribution < 1.29 is 4.79 Å². The molecule has 2 unspecified atom stereocenters. The molecule has 0 radical (unpaired) electrons. The zero-order valence-corrected chi connectivity index (χ0v) is 11.0. The van der Waals surface area contributed by atoms with Gasteiger partial charge < -0.3 is 10.6 Å². The Morgan fingerprint density at radius 2 is 2.06 bits per heavy atom. The summed E-state index contributed by atoms with van der Waals surface area (Å²) in [7, 11) is 1.79. The highest BCUT2D eigenvalue weighted by Crippen LogP contribution is 2.21. The van der Waals surface area contributed by atoms with Crippen molar-refractivity contribution in [2.24, 2.45) is 5.73 Å². The summed E-state index contributed by atoms with van der Waals surface area (Å²) in [4.78, 5) is 17.9.